The minimum absolute atomic E-state index is 0. The fourth-order valence-corrected chi connectivity index (χ4v) is 0.357. The Labute approximate surface area is 69.4 Å². The minimum atomic E-state index is 0. The third kappa shape index (κ3) is 5.84. The predicted molar refractivity (Wildman–Crippen MR) is 33.3 cm³/mol. The fraction of sp³-hybridized carbons (Fsp3) is 0.667. The van der Waals surface area contributed by atoms with Gasteiger partial charge in [-0.2, -0.15) is 6.42 Å². The summed E-state index contributed by atoms with van der Waals surface area (Å²) in [4.78, 5) is 12.2. The monoisotopic (exact) mass is 178 g/mol. The maximum Gasteiger partial charge on any atom is 0.0844 e. The SMILES string of the molecule is CC[CH-]C(=O)N(C)C.[Zn]. The summed E-state index contributed by atoms with van der Waals surface area (Å²) in [5, 5.41) is 0. The van der Waals surface area contributed by atoms with Crippen LogP contribution in [0.3, 0.4) is 0 Å². The van der Waals surface area contributed by atoms with Crippen LogP contribution in [0.1, 0.15) is 13.3 Å². The molecule has 0 atom stereocenters. The van der Waals surface area contributed by atoms with E-state index in [1.807, 2.05) is 6.92 Å². The van der Waals surface area contributed by atoms with Crippen LogP contribution in [0.2, 0.25) is 0 Å². The van der Waals surface area contributed by atoms with Gasteiger partial charge in [-0.05, 0) is 0 Å². The van der Waals surface area contributed by atoms with Crippen LogP contribution >= 0.6 is 0 Å². The predicted octanol–water partition coefficient (Wildman–Crippen LogP) is 0.686. The van der Waals surface area contributed by atoms with Crippen molar-refractivity contribution in [1.82, 2.24) is 4.90 Å². The van der Waals surface area contributed by atoms with E-state index in [0.29, 0.717) is 0 Å². The zero-order valence-corrected chi connectivity index (χ0v) is 9.31. The van der Waals surface area contributed by atoms with Crippen molar-refractivity contribution >= 4 is 5.91 Å². The van der Waals surface area contributed by atoms with Crippen LogP contribution in [-0.4, -0.2) is 24.9 Å². The Morgan fingerprint density at radius 2 is 2.00 bits per heavy atom. The van der Waals surface area contributed by atoms with Gasteiger partial charge in [-0.1, -0.05) is 6.92 Å². The first-order valence-corrected chi connectivity index (χ1v) is 2.73. The third-order valence-corrected chi connectivity index (χ3v) is 0.820. The van der Waals surface area contributed by atoms with Gasteiger partial charge < -0.3 is 16.1 Å². The second-order valence-electron chi connectivity index (χ2n) is 1.85. The molecule has 0 aliphatic heterocycles. The van der Waals surface area contributed by atoms with Gasteiger partial charge in [-0.15, -0.1) is 0 Å². The van der Waals surface area contributed by atoms with Crippen molar-refractivity contribution in [2.45, 2.75) is 13.3 Å². The molecule has 2 nitrogen and oxygen atoms in total. The Morgan fingerprint density at radius 3 is 2.11 bits per heavy atom. The molecular weight excluding hydrogens is 167 g/mol. The van der Waals surface area contributed by atoms with Crippen LogP contribution in [0.4, 0.5) is 0 Å². The third-order valence-electron chi connectivity index (χ3n) is 0.820. The molecule has 0 aromatic carbocycles. The summed E-state index contributed by atoms with van der Waals surface area (Å²) >= 11 is 0. The molecular formula is C6H12NOZn-. The van der Waals surface area contributed by atoms with E-state index in [1.165, 1.54) is 0 Å². The largest absolute Gasteiger partial charge is 0.373 e. The van der Waals surface area contributed by atoms with Gasteiger partial charge >= 0.3 is 0 Å². The molecule has 0 bridgehead atoms. The van der Waals surface area contributed by atoms with Crippen molar-refractivity contribution in [2.75, 3.05) is 14.1 Å². The maximum atomic E-state index is 10.6. The summed E-state index contributed by atoms with van der Waals surface area (Å²) in [5.74, 6) is 0.0903. The van der Waals surface area contributed by atoms with Crippen LogP contribution in [0.25, 0.3) is 0 Å². The second kappa shape index (κ2) is 6.09. The van der Waals surface area contributed by atoms with Gasteiger partial charge in [0.2, 0.25) is 0 Å². The Morgan fingerprint density at radius 1 is 1.56 bits per heavy atom. The molecule has 9 heavy (non-hydrogen) atoms. The summed E-state index contributed by atoms with van der Waals surface area (Å²) in [7, 11) is 3.49. The first-order valence-electron chi connectivity index (χ1n) is 2.73. The van der Waals surface area contributed by atoms with Gasteiger partial charge in [-0.3, -0.25) is 0 Å². The zero-order valence-electron chi connectivity index (χ0n) is 6.35. The van der Waals surface area contributed by atoms with Crippen molar-refractivity contribution in [3.8, 4) is 0 Å². The Bertz CT molecular complexity index is 83.1. The molecule has 50 valence electrons. The molecule has 0 heterocycles. The molecule has 0 aliphatic carbocycles. The van der Waals surface area contributed by atoms with E-state index in [-0.39, 0.29) is 25.4 Å². The van der Waals surface area contributed by atoms with Crippen molar-refractivity contribution in [3.63, 3.8) is 0 Å². The topological polar surface area (TPSA) is 20.3 Å². The standard InChI is InChI=1S/C6H12NO.Zn/c1-4-5-6(8)7(2)3;/h5H,4H2,1-3H3;/q-1;. The molecule has 0 saturated carbocycles. The molecule has 0 fully saturated rings. The zero-order chi connectivity index (χ0) is 6.57. The van der Waals surface area contributed by atoms with Gasteiger partial charge in [0.15, 0.2) is 0 Å². The second-order valence-corrected chi connectivity index (χ2v) is 1.85. The number of hydrogen-bond acceptors (Lipinski definition) is 1. The van der Waals surface area contributed by atoms with E-state index >= 15 is 0 Å². The van der Waals surface area contributed by atoms with Crippen molar-refractivity contribution in [3.05, 3.63) is 6.42 Å². The van der Waals surface area contributed by atoms with Gasteiger partial charge in [-0.25, -0.2) is 0 Å². The average molecular weight is 180 g/mol. The molecule has 3 heteroatoms. The van der Waals surface area contributed by atoms with Gasteiger partial charge in [0.05, 0.1) is 5.91 Å². The van der Waals surface area contributed by atoms with Gasteiger partial charge in [0.25, 0.3) is 0 Å². The molecule has 0 aromatic heterocycles. The first kappa shape index (κ1) is 11.7. The number of hydrogen-bond donors (Lipinski definition) is 0. The van der Waals surface area contributed by atoms with Crippen LogP contribution in [0.15, 0.2) is 0 Å². The van der Waals surface area contributed by atoms with E-state index in [4.69, 9.17) is 0 Å². The molecule has 1 amide bonds. The first-order chi connectivity index (χ1) is 3.68. The van der Waals surface area contributed by atoms with E-state index in [2.05, 4.69) is 0 Å². The summed E-state index contributed by atoms with van der Waals surface area (Å²) in [6.07, 6.45) is 2.47. The van der Waals surface area contributed by atoms with Crippen molar-refractivity contribution in [2.24, 2.45) is 0 Å². The van der Waals surface area contributed by atoms with Crippen LogP contribution in [-0.2, 0) is 24.3 Å². The van der Waals surface area contributed by atoms with E-state index < -0.39 is 0 Å². The van der Waals surface area contributed by atoms with Crippen LogP contribution in [0.5, 0.6) is 0 Å². The molecule has 0 N–H and O–H groups in total. The molecule has 0 spiro atoms. The van der Waals surface area contributed by atoms with Gasteiger partial charge in [0, 0.05) is 33.6 Å². The van der Waals surface area contributed by atoms with E-state index in [0.717, 1.165) is 6.42 Å². The smallest absolute Gasteiger partial charge is 0.0844 e. The summed E-state index contributed by atoms with van der Waals surface area (Å²) < 4.78 is 0. The molecule has 0 radical (unpaired) electrons. The van der Waals surface area contributed by atoms with E-state index in [9.17, 15) is 4.79 Å². The Hall–Kier alpha value is -0.0366. The number of amides is 1. The summed E-state index contributed by atoms with van der Waals surface area (Å²) in [6.45, 7) is 1.95. The quantitative estimate of drug-likeness (QED) is 0.451. The Balaban J connectivity index is 0. The fourth-order valence-electron chi connectivity index (χ4n) is 0.357. The molecule has 0 aromatic rings. The Kier molecular flexibility index (Phi) is 7.93. The minimum Gasteiger partial charge on any atom is -0.373 e. The molecule has 0 unspecified atom stereocenters. The van der Waals surface area contributed by atoms with Gasteiger partial charge in [0.1, 0.15) is 0 Å². The van der Waals surface area contributed by atoms with Crippen LogP contribution < -0.4 is 0 Å². The normalized spacial score (nSPS) is 7.44. The van der Waals surface area contributed by atoms with Crippen molar-refractivity contribution < 1.29 is 24.3 Å². The summed E-state index contributed by atoms with van der Waals surface area (Å²) in [5.41, 5.74) is 0. The number of nitrogens with zero attached hydrogens (tertiary/aromatic N) is 1. The summed E-state index contributed by atoms with van der Waals surface area (Å²) in [6, 6.07) is 0. The van der Waals surface area contributed by atoms with Crippen LogP contribution in [0, 0.1) is 6.42 Å². The maximum absolute atomic E-state index is 10.6. The number of carbonyl (C=O) groups is 1. The molecule has 0 rings (SSSR count). The molecule has 0 aliphatic rings. The average Bonchev–Trinajstić information content (AvgIpc) is 1.67. The van der Waals surface area contributed by atoms with E-state index in [1.54, 1.807) is 25.4 Å². The molecule has 0 saturated heterocycles. The number of carbonyl (C=O) groups excluding carboxylic acids is 1. The number of rotatable bonds is 2. The van der Waals surface area contributed by atoms with Crippen molar-refractivity contribution in [1.29, 1.82) is 0 Å².